The summed E-state index contributed by atoms with van der Waals surface area (Å²) in [5, 5.41) is 0. The molecule has 1 amide bonds. The largest absolute Gasteiger partial charge is 0.317 e. The van der Waals surface area contributed by atoms with E-state index in [1.165, 1.54) is 11.8 Å². The highest BCUT2D eigenvalue weighted by atomic mass is 79.9. The lowest BCUT2D eigenvalue weighted by atomic mass is 10.3. The van der Waals surface area contributed by atoms with Crippen LogP contribution in [0.25, 0.3) is 11.8 Å². The van der Waals surface area contributed by atoms with E-state index in [2.05, 4.69) is 15.9 Å². The van der Waals surface area contributed by atoms with E-state index in [-0.39, 0.29) is 5.91 Å². The number of benzene rings is 1. The zero-order chi connectivity index (χ0) is 15.7. The summed E-state index contributed by atoms with van der Waals surface area (Å²) in [6, 6.07) is 12.0. The highest BCUT2D eigenvalue weighted by Gasteiger charge is 2.30. The number of carbonyl (C=O) groups is 1. The second-order valence-electron chi connectivity index (χ2n) is 4.71. The van der Waals surface area contributed by atoms with Gasteiger partial charge in [0.25, 0.3) is 5.91 Å². The van der Waals surface area contributed by atoms with E-state index in [9.17, 15) is 4.79 Å². The molecule has 0 saturated carbocycles. The number of hydrogen-bond donors (Lipinski definition) is 0. The number of halogens is 1. The van der Waals surface area contributed by atoms with Crippen LogP contribution in [0.3, 0.4) is 0 Å². The number of carbonyl (C=O) groups excluding carboxylic acids is 1. The summed E-state index contributed by atoms with van der Waals surface area (Å²) in [5.74, 6) is -0.0129. The Bertz CT molecular complexity index is 765. The first-order valence-electron chi connectivity index (χ1n) is 6.79. The summed E-state index contributed by atoms with van der Waals surface area (Å²) < 4.78 is 3.71. The van der Waals surface area contributed by atoms with Crippen LogP contribution in [0, 0.1) is 0 Å². The molecule has 112 valence electrons. The van der Waals surface area contributed by atoms with Crippen LogP contribution in [-0.2, 0) is 4.79 Å². The Morgan fingerprint density at radius 2 is 2.00 bits per heavy atom. The standard InChI is InChI=1S/C16H13BrN2OS2/c1-2-18-15(20)14(22-16(18)21)10-13-4-3-9-19(13)12-7-5-11(17)6-8-12/h3-10H,2H2,1H3/b14-10-. The van der Waals surface area contributed by atoms with Gasteiger partial charge in [0.05, 0.1) is 4.91 Å². The van der Waals surface area contributed by atoms with Gasteiger partial charge in [0.15, 0.2) is 0 Å². The van der Waals surface area contributed by atoms with Crippen LogP contribution in [0.5, 0.6) is 0 Å². The zero-order valence-corrected chi connectivity index (χ0v) is 15.0. The molecule has 0 atom stereocenters. The molecule has 0 spiro atoms. The average Bonchev–Trinajstić information content (AvgIpc) is 3.06. The van der Waals surface area contributed by atoms with Crippen LogP contribution < -0.4 is 0 Å². The summed E-state index contributed by atoms with van der Waals surface area (Å²) in [7, 11) is 0. The molecule has 1 aliphatic rings. The first kappa shape index (κ1) is 15.5. The predicted molar refractivity (Wildman–Crippen MR) is 99.0 cm³/mol. The molecule has 3 nitrogen and oxygen atoms in total. The quantitative estimate of drug-likeness (QED) is 0.569. The third-order valence-electron chi connectivity index (χ3n) is 3.35. The smallest absolute Gasteiger partial charge is 0.266 e. The third-order valence-corrected chi connectivity index (χ3v) is 5.26. The van der Waals surface area contributed by atoms with Crippen molar-refractivity contribution in [2.75, 3.05) is 6.54 Å². The van der Waals surface area contributed by atoms with E-state index < -0.39 is 0 Å². The number of hydrogen-bond acceptors (Lipinski definition) is 3. The highest BCUT2D eigenvalue weighted by Crippen LogP contribution is 2.32. The van der Waals surface area contributed by atoms with E-state index in [4.69, 9.17) is 12.2 Å². The van der Waals surface area contributed by atoms with Gasteiger partial charge in [-0.1, -0.05) is 39.9 Å². The number of thiocarbonyl (C=S) groups is 1. The molecule has 0 aliphatic carbocycles. The first-order chi connectivity index (χ1) is 10.6. The van der Waals surface area contributed by atoms with Gasteiger partial charge in [-0.25, -0.2) is 0 Å². The lowest BCUT2D eigenvalue weighted by molar-refractivity contribution is -0.121. The molecule has 2 heterocycles. The van der Waals surface area contributed by atoms with Gasteiger partial charge in [-0.2, -0.15) is 0 Å². The zero-order valence-electron chi connectivity index (χ0n) is 11.8. The molecule has 6 heteroatoms. The van der Waals surface area contributed by atoms with Gasteiger partial charge in [0.1, 0.15) is 4.32 Å². The van der Waals surface area contributed by atoms with Crippen molar-refractivity contribution in [3.05, 3.63) is 57.7 Å². The molecule has 0 N–H and O–H groups in total. The van der Waals surface area contributed by atoms with Gasteiger partial charge < -0.3 is 4.57 Å². The Labute approximate surface area is 147 Å². The molecule has 3 rings (SSSR count). The minimum Gasteiger partial charge on any atom is -0.317 e. The van der Waals surface area contributed by atoms with E-state index in [0.717, 1.165) is 15.9 Å². The molecule has 22 heavy (non-hydrogen) atoms. The molecule has 1 aromatic heterocycles. The second-order valence-corrected chi connectivity index (χ2v) is 7.30. The summed E-state index contributed by atoms with van der Waals surface area (Å²) in [5.41, 5.74) is 2.00. The van der Waals surface area contributed by atoms with E-state index in [1.807, 2.05) is 60.2 Å². The van der Waals surface area contributed by atoms with Crippen molar-refractivity contribution in [3.8, 4) is 5.69 Å². The Balaban J connectivity index is 1.96. The van der Waals surface area contributed by atoms with Gasteiger partial charge >= 0.3 is 0 Å². The second kappa shape index (κ2) is 6.40. The molecule has 1 aliphatic heterocycles. The molecule has 0 bridgehead atoms. The van der Waals surface area contributed by atoms with Gasteiger partial charge in [-0.05, 0) is 49.4 Å². The van der Waals surface area contributed by atoms with Crippen LogP contribution in [0.4, 0.5) is 0 Å². The van der Waals surface area contributed by atoms with E-state index in [1.54, 1.807) is 4.90 Å². The Kier molecular flexibility index (Phi) is 4.52. The average molecular weight is 393 g/mol. The van der Waals surface area contributed by atoms with Crippen molar-refractivity contribution >= 4 is 56.2 Å². The molecule has 1 saturated heterocycles. The maximum Gasteiger partial charge on any atom is 0.266 e. The van der Waals surface area contributed by atoms with Crippen molar-refractivity contribution in [2.24, 2.45) is 0 Å². The molecule has 0 radical (unpaired) electrons. The van der Waals surface area contributed by atoms with Gasteiger partial charge in [0.2, 0.25) is 0 Å². The number of thioether (sulfide) groups is 1. The minimum absolute atomic E-state index is 0.0129. The minimum atomic E-state index is -0.0129. The number of aromatic nitrogens is 1. The lowest BCUT2D eigenvalue weighted by Gasteiger charge is -2.10. The summed E-state index contributed by atoms with van der Waals surface area (Å²) in [6.45, 7) is 2.54. The maximum absolute atomic E-state index is 12.3. The monoisotopic (exact) mass is 392 g/mol. The highest BCUT2D eigenvalue weighted by molar-refractivity contribution is 9.10. The normalized spacial score (nSPS) is 16.8. The van der Waals surface area contributed by atoms with Crippen LogP contribution in [0.2, 0.25) is 0 Å². The maximum atomic E-state index is 12.3. The van der Waals surface area contributed by atoms with Crippen molar-refractivity contribution in [1.29, 1.82) is 0 Å². The van der Waals surface area contributed by atoms with E-state index >= 15 is 0 Å². The van der Waals surface area contributed by atoms with Gasteiger partial charge in [-0.15, -0.1) is 0 Å². The summed E-state index contributed by atoms with van der Waals surface area (Å²) >= 11 is 10.0. The molecule has 1 fully saturated rings. The van der Waals surface area contributed by atoms with Crippen molar-refractivity contribution < 1.29 is 4.79 Å². The lowest BCUT2D eigenvalue weighted by Crippen LogP contribution is -2.27. The fourth-order valence-corrected chi connectivity index (χ4v) is 3.89. The molecular weight excluding hydrogens is 380 g/mol. The SMILES string of the molecule is CCN1C(=O)/C(=C/c2cccn2-c2ccc(Br)cc2)SC1=S. The number of rotatable bonds is 3. The fourth-order valence-electron chi connectivity index (χ4n) is 2.26. The third kappa shape index (κ3) is 2.91. The van der Waals surface area contributed by atoms with Gasteiger partial charge in [0, 0.05) is 28.6 Å². The van der Waals surface area contributed by atoms with Crippen LogP contribution >= 0.6 is 39.9 Å². The molecule has 0 unspecified atom stereocenters. The summed E-state index contributed by atoms with van der Waals surface area (Å²) in [6.07, 6.45) is 3.88. The van der Waals surface area contributed by atoms with E-state index in [0.29, 0.717) is 15.8 Å². The summed E-state index contributed by atoms with van der Waals surface area (Å²) in [4.78, 5) is 14.6. The topological polar surface area (TPSA) is 25.2 Å². The molecule has 2 aromatic rings. The Morgan fingerprint density at radius 1 is 1.27 bits per heavy atom. The number of likely N-dealkylation sites (N-methyl/N-ethyl adjacent to an activating group) is 1. The Hall–Kier alpha value is -1.37. The van der Waals surface area contributed by atoms with Crippen molar-refractivity contribution in [2.45, 2.75) is 6.92 Å². The molecular formula is C16H13BrN2OS2. The number of amides is 1. The fraction of sp³-hybridized carbons (Fsp3) is 0.125. The van der Waals surface area contributed by atoms with Crippen LogP contribution in [0.1, 0.15) is 12.6 Å². The predicted octanol–water partition coefficient (Wildman–Crippen LogP) is 4.46. The van der Waals surface area contributed by atoms with Gasteiger partial charge in [-0.3, -0.25) is 9.69 Å². The Morgan fingerprint density at radius 3 is 2.64 bits per heavy atom. The van der Waals surface area contributed by atoms with Crippen molar-refractivity contribution in [1.82, 2.24) is 9.47 Å². The number of nitrogens with zero attached hydrogens (tertiary/aromatic N) is 2. The first-order valence-corrected chi connectivity index (χ1v) is 8.80. The van der Waals surface area contributed by atoms with Crippen LogP contribution in [0.15, 0.2) is 52.0 Å². The molecule has 1 aromatic carbocycles. The van der Waals surface area contributed by atoms with Crippen LogP contribution in [-0.4, -0.2) is 26.2 Å². The van der Waals surface area contributed by atoms with Crippen molar-refractivity contribution in [3.63, 3.8) is 0 Å².